The smallest absolute Gasteiger partial charge is 0.265 e. The first kappa shape index (κ1) is 18.8. The average molecular weight is 400 g/mol. The predicted octanol–water partition coefficient (Wildman–Crippen LogP) is 3.22. The summed E-state index contributed by atoms with van der Waals surface area (Å²) in [6, 6.07) is 15.1. The Morgan fingerprint density at radius 3 is 2.70 bits per heavy atom. The van der Waals surface area contributed by atoms with E-state index < -0.39 is 0 Å². The Bertz CT molecular complexity index is 1310. The van der Waals surface area contributed by atoms with Crippen LogP contribution < -0.4 is 10.9 Å². The number of benzene rings is 2. The number of pyridine rings is 1. The van der Waals surface area contributed by atoms with Crippen LogP contribution >= 0.6 is 0 Å². The lowest BCUT2D eigenvalue weighted by Gasteiger charge is -2.14. The highest BCUT2D eigenvalue weighted by Crippen LogP contribution is 2.23. The molecule has 6 heteroatoms. The van der Waals surface area contributed by atoms with Crippen molar-refractivity contribution in [2.24, 2.45) is 0 Å². The van der Waals surface area contributed by atoms with Crippen LogP contribution in [0, 0.1) is 0 Å². The van der Waals surface area contributed by atoms with E-state index in [1.807, 2.05) is 36.4 Å². The molecule has 0 unspecified atom stereocenters. The van der Waals surface area contributed by atoms with E-state index in [1.54, 1.807) is 18.3 Å². The Kier molecular flexibility index (Phi) is 4.93. The van der Waals surface area contributed by atoms with Crippen molar-refractivity contribution in [3.05, 3.63) is 70.6 Å². The Labute approximate surface area is 174 Å². The monoisotopic (exact) mass is 400 g/mol. The molecule has 30 heavy (non-hydrogen) atoms. The number of hydrogen-bond acceptors (Lipinski definition) is 4. The molecule has 1 saturated heterocycles. The van der Waals surface area contributed by atoms with Crippen LogP contribution in [0.5, 0.6) is 0 Å². The van der Waals surface area contributed by atoms with Crippen molar-refractivity contribution in [2.75, 3.05) is 26.2 Å². The van der Waals surface area contributed by atoms with E-state index in [9.17, 15) is 9.59 Å². The Morgan fingerprint density at radius 1 is 1.00 bits per heavy atom. The summed E-state index contributed by atoms with van der Waals surface area (Å²) in [5.41, 5.74) is 1.28. The van der Waals surface area contributed by atoms with E-state index in [0.717, 1.165) is 36.8 Å². The van der Waals surface area contributed by atoms with Gasteiger partial charge >= 0.3 is 0 Å². The SMILES string of the molecule is O=C(NCCCN1CCCC1)c1cccn2c(=O)c3ccc4ccccc4c3nc12. The molecule has 0 atom stereocenters. The minimum atomic E-state index is -0.194. The molecule has 4 aromatic rings. The zero-order valence-electron chi connectivity index (χ0n) is 16.8. The summed E-state index contributed by atoms with van der Waals surface area (Å²) in [6.45, 7) is 3.93. The van der Waals surface area contributed by atoms with Crippen LogP contribution in [0.4, 0.5) is 0 Å². The lowest BCUT2D eigenvalue weighted by molar-refractivity contribution is 0.0953. The summed E-state index contributed by atoms with van der Waals surface area (Å²) in [4.78, 5) is 33.2. The maximum absolute atomic E-state index is 13.1. The number of nitrogens with one attached hydrogen (secondary N) is 1. The molecule has 1 fully saturated rings. The normalized spacial score (nSPS) is 14.7. The van der Waals surface area contributed by atoms with Gasteiger partial charge in [-0.3, -0.25) is 14.0 Å². The molecule has 0 bridgehead atoms. The van der Waals surface area contributed by atoms with Crippen LogP contribution in [0.15, 0.2) is 59.5 Å². The molecule has 2 aromatic carbocycles. The first-order chi connectivity index (χ1) is 14.7. The number of fused-ring (bicyclic) bond motifs is 4. The summed E-state index contributed by atoms with van der Waals surface area (Å²) < 4.78 is 1.47. The molecule has 0 saturated carbocycles. The van der Waals surface area contributed by atoms with Gasteiger partial charge in [-0.05, 0) is 62.5 Å². The summed E-state index contributed by atoms with van der Waals surface area (Å²) in [7, 11) is 0. The van der Waals surface area contributed by atoms with Gasteiger partial charge in [0.2, 0.25) is 0 Å². The van der Waals surface area contributed by atoms with E-state index in [1.165, 1.54) is 17.2 Å². The molecule has 3 heterocycles. The average Bonchev–Trinajstić information content (AvgIpc) is 3.30. The van der Waals surface area contributed by atoms with Gasteiger partial charge in [0, 0.05) is 18.1 Å². The second-order valence-corrected chi connectivity index (χ2v) is 7.87. The molecule has 152 valence electrons. The third-order valence-electron chi connectivity index (χ3n) is 5.91. The van der Waals surface area contributed by atoms with Gasteiger partial charge in [-0.25, -0.2) is 4.98 Å². The van der Waals surface area contributed by atoms with Gasteiger partial charge < -0.3 is 10.2 Å². The highest BCUT2D eigenvalue weighted by Gasteiger charge is 2.16. The van der Waals surface area contributed by atoms with E-state index in [4.69, 9.17) is 4.98 Å². The fraction of sp³-hybridized carbons (Fsp3) is 0.292. The summed E-state index contributed by atoms with van der Waals surface area (Å²) >= 11 is 0. The fourth-order valence-corrected chi connectivity index (χ4v) is 4.35. The summed E-state index contributed by atoms with van der Waals surface area (Å²) in [6.07, 6.45) is 5.12. The maximum Gasteiger partial charge on any atom is 0.265 e. The number of carbonyl (C=O) groups excluding carboxylic acids is 1. The second-order valence-electron chi connectivity index (χ2n) is 7.87. The third-order valence-corrected chi connectivity index (χ3v) is 5.91. The van der Waals surface area contributed by atoms with Gasteiger partial charge in [-0.15, -0.1) is 0 Å². The predicted molar refractivity (Wildman–Crippen MR) is 119 cm³/mol. The van der Waals surface area contributed by atoms with Crippen LogP contribution in [0.25, 0.3) is 27.3 Å². The summed E-state index contributed by atoms with van der Waals surface area (Å²) in [5, 5.41) is 5.48. The lowest BCUT2D eigenvalue weighted by atomic mass is 10.1. The largest absolute Gasteiger partial charge is 0.352 e. The Balaban J connectivity index is 1.49. The molecule has 0 aliphatic carbocycles. The van der Waals surface area contributed by atoms with Gasteiger partial charge in [0.1, 0.15) is 0 Å². The van der Waals surface area contributed by atoms with E-state index in [2.05, 4.69) is 10.2 Å². The van der Waals surface area contributed by atoms with Gasteiger partial charge in [0.05, 0.1) is 16.5 Å². The molecule has 1 aliphatic heterocycles. The Hall–Kier alpha value is -3.25. The highest BCUT2D eigenvalue weighted by atomic mass is 16.1. The number of carbonyl (C=O) groups is 1. The molecule has 0 radical (unpaired) electrons. The van der Waals surface area contributed by atoms with Crippen LogP contribution in [-0.4, -0.2) is 46.4 Å². The highest BCUT2D eigenvalue weighted by molar-refractivity contribution is 6.07. The van der Waals surface area contributed by atoms with E-state index >= 15 is 0 Å². The van der Waals surface area contributed by atoms with Crippen LogP contribution in [0.1, 0.15) is 29.6 Å². The standard InChI is InChI=1S/C24H24N4O2/c29-23(25-12-6-15-27-13-3-4-14-27)20-9-5-16-28-22(20)26-21-18-8-2-1-7-17(18)10-11-19(21)24(28)30/h1-2,5,7-11,16H,3-4,6,12-15H2,(H,25,29). The van der Waals surface area contributed by atoms with Crippen LogP contribution in [0.3, 0.4) is 0 Å². The van der Waals surface area contributed by atoms with Gasteiger partial charge in [0.25, 0.3) is 11.5 Å². The second kappa shape index (κ2) is 7.88. The molecule has 1 aliphatic rings. The summed E-state index contributed by atoms with van der Waals surface area (Å²) in [5.74, 6) is -0.194. The topological polar surface area (TPSA) is 66.7 Å². The number of aromatic nitrogens is 2. The third kappa shape index (κ3) is 3.33. The number of rotatable bonds is 5. The molecule has 5 rings (SSSR count). The molecular formula is C24H24N4O2. The van der Waals surface area contributed by atoms with Crippen molar-refractivity contribution in [3.8, 4) is 0 Å². The van der Waals surface area contributed by atoms with E-state index in [0.29, 0.717) is 28.7 Å². The first-order valence-electron chi connectivity index (χ1n) is 10.6. The number of amides is 1. The van der Waals surface area contributed by atoms with Crippen molar-refractivity contribution in [1.82, 2.24) is 19.6 Å². The van der Waals surface area contributed by atoms with Crippen molar-refractivity contribution in [2.45, 2.75) is 19.3 Å². The molecule has 6 nitrogen and oxygen atoms in total. The molecule has 2 aromatic heterocycles. The van der Waals surface area contributed by atoms with Crippen molar-refractivity contribution in [3.63, 3.8) is 0 Å². The first-order valence-corrected chi connectivity index (χ1v) is 10.6. The fourth-order valence-electron chi connectivity index (χ4n) is 4.35. The van der Waals surface area contributed by atoms with Gasteiger partial charge in [-0.1, -0.05) is 30.3 Å². The zero-order valence-corrected chi connectivity index (χ0v) is 16.8. The number of nitrogens with zero attached hydrogens (tertiary/aromatic N) is 3. The Morgan fingerprint density at radius 2 is 1.83 bits per heavy atom. The minimum Gasteiger partial charge on any atom is -0.352 e. The number of hydrogen-bond donors (Lipinski definition) is 1. The molecular weight excluding hydrogens is 376 g/mol. The van der Waals surface area contributed by atoms with Crippen molar-refractivity contribution < 1.29 is 4.79 Å². The van der Waals surface area contributed by atoms with Gasteiger partial charge in [-0.2, -0.15) is 0 Å². The minimum absolute atomic E-state index is 0.163. The number of likely N-dealkylation sites (tertiary alicyclic amines) is 1. The molecule has 1 N–H and O–H groups in total. The van der Waals surface area contributed by atoms with E-state index in [-0.39, 0.29) is 11.5 Å². The van der Waals surface area contributed by atoms with Crippen molar-refractivity contribution in [1.29, 1.82) is 0 Å². The lowest BCUT2D eigenvalue weighted by Crippen LogP contribution is -2.29. The maximum atomic E-state index is 13.1. The van der Waals surface area contributed by atoms with Crippen LogP contribution in [-0.2, 0) is 0 Å². The molecule has 0 spiro atoms. The molecule has 1 amide bonds. The zero-order chi connectivity index (χ0) is 20.5. The van der Waals surface area contributed by atoms with Crippen molar-refractivity contribution >= 4 is 33.2 Å². The van der Waals surface area contributed by atoms with Gasteiger partial charge in [0.15, 0.2) is 5.65 Å². The quantitative estimate of drug-likeness (QED) is 0.317. The van der Waals surface area contributed by atoms with Crippen LogP contribution in [0.2, 0.25) is 0 Å².